The van der Waals surface area contributed by atoms with Gasteiger partial charge in [0.15, 0.2) is 0 Å². The van der Waals surface area contributed by atoms with E-state index in [1.807, 2.05) is 6.20 Å². The molecule has 0 aromatic carbocycles. The number of rotatable bonds is 1. The van der Waals surface area contributed by atoms with Crippen molar-refractivity contribution in [3.8, 4) is 0 Å². The molecule has 2 heterocycles. The number of hydrogen-bond donors (Lipinski definition) is 1. The zero-order valence-corrected chi connectivity index (χ0v) is 10.2. The second kappa shape index (κ2) is 4.26. The van der Waals surface area contributed by atoms with E-state index in [1.54, 1.807) is 0 Å². The number of nitrogens with one attached hydrogen (secondary N) is 1. The zero-order chi connectivity index (χ0) is 11.7. The van der Waals surface area contributed by atoms with Gasteiger partial charge in [0.25, 0.3) is 0 Å². The quantitative estimate of drug-likeness (QED) is 0.783. The molecule has 0 saturated carbocycles. The Morgan fingerprint density at radius 2 is 2.19 bits per heavy atom. The first-order valence-corrected chi connectivity index (χ1v) is 5.68. The van der Waals surface area contributed by atoms with E-state index in [0.717, 1.165) is 24.6 Å². The number of nitrogens with zero attached hydrogens (tertiary/aromatic N) is 2. The van der Waals surface area contributed by atoms with Crippen molar-refractivity contribution >= 4 is 5.82 Å². The van der Waals surface area contributed by atoms with Crippen LogP contribution in [0, 0.1) is 0 Å². The van der Waals surface area contributed by atoms with Crippen molar-refractivity contribution in [1.29, 1.82) is 0 Å². The molecule has 0 aliphatic carbocycles. The summed E-state index contributed by atoms with van der Waals surface area (Å²) in [6.45, 7) is 10.2. The zero-order valence-electron chi connectivity index (χ0n) is 10.2. The van der Waals surface area contributed by atoms with Crippen LogP contribution in [0.2, 0.25) is 0 Å². The van der Waals surface area contributed by atoms with Crippen molar-refractivity contribution in [2.45, 2.75) is 26.3 Å². The molecule has 86 valence electrons. The summed E-state index contributed by atoms with van der Waals surface area (Å²) in [7, 11) is 2.10. The summed E-state index contributed by atoms with van der Waals surface area (Å²) < 4.78 is 0. The third kappa shape index (κ3) is 2.25. The first kappa shape index (κ1) is 11.1. The van der Waals surface area contributed by atoms with Gasteiger partial charge in [0.2, 0.25) is 0 Å². The van der Waals surface area contributed by atoms with Gasteiger partial charge in [-0.15, -0.1) is 0 Å². The maximum atomic E-state index is 4.49. The Morgan fingerprint density at radius 1 is 1.44 bits per heavy atom. The van der Waals surface area contributed by atoms with Crippen LogP contribution in [0.3, 0.4) is 0 Å². The summed E-state index contributed by atoms with van der Waals surface area (Å²) in [5, 5.41) is 3.27. The topological polar surface area (TPSA) is 28.2 Å². The molecule has 0 spiro atoms. The monoisotopic (exact) mass is 217 g/mol. The Bertz CT molecular complexity index is 410. The highest BCUT2D eigenvalue weighted by molar-refractivity contribution is 5.51. The van der Waals surface area contributed by atoms with Crippen molar-refractivity contribution in [2.75, 3.05) is 18.9 Å². The minimum absolute atomic E-state index is 0.523. The second-order valence-corrected chi connectivity index (χ2v) is 4.83. The van der Waals surface area contributed by atoms with Crippen LogP contribution in [0.15, 0.2) is 24.5 Å². The fourth-order valence-corrected chi connectivity index (χ4v) is 1.96. The Morgan fingerprint density at radius 3 is 2.88 bits per heavy atom. The summed E-state index contributed by atoms with van der Waals surface area (Å²) in [5.41, 5.74) is 3.56. The van der Waals surface area contributed by atoms with Crippen LogP contribution in [-0.4, -0.2) is 23.5 Å². The summed E-state index contributed by atoms with van der Waals surface area (Å²) in [5.74, 6) is 1.48. The molecule has 0 unspecified atom stereocenters. The highest BCUT2D eigenvalue weighted by Crippen LogP contribution is 2.24. The predicted molar refractivity (Wildman–Crippen MR) is 67.4 cm³/mol. The summed E-state index contributed by atoms with van der Waals surface area (Å²) >= 11 is 0. The normalized spacial score (nSPS) is 16.9. The van der Waals surface area contributed by atoms with Gasteiger partial charge in [0.1, 0.15) is 5.82 Å². The average Bonchev–Trinajstić information content (AvgIpc) is 2.32. The lowest BCUT2D eigenvalue weighted by molar-refractivity contribution is 0.361. The van der Waals surface area contributed by atoms with Crippen molar-refractivity contribution in [1.82, 2.24) is 9.88 Å². The molecule has 0 saturated heterocycles. The molecule has 1 aliphatic rings. The van der Waals surface area contributed by atoms with E-state index in [1.165, 1.54) is 11.1 Å². The smallest absolute Gasteiger partial charge is 0.134 e. The van der Waals surface area contributed by atoms with E-state index in [4.69, 9.17) is 0 Å². The molecule has 0 radical (unpaired) electrons. The molecule has 0 atom stereocenters. The van der Waals surface area contributed by atoms with Gasteiger partial charge < -0.3 is 5.32 Å². The Labute approximate surface area is 97.2 Å². The van der Waals surface area contributed by atoms with Gasteiger partial charge in [-0.25, -0.2) is 4.98 Å². The lowest BCUT2D eigenvalue weighted by atomic mass is 10.0. The molecule has 3 heteroatoms. The van der Waals surface area contributed by atoms with Crippen LogP contribution in [0.4, 0.5) is 5.82 Å². The average molecular weight is 217 g/mol. The minimum Gasteiger partial charge on any atom is -0.343 e. The third-order valence-corrected chi connectivity index (χ3v) is 2.85. The highest BCUT2D eigenvalue weighted by Gasteiger charge is 2.15. The van der Waals surface area contributed by atoms with Gasteiger partial charge in [-0.05, 0) is 24.6 Å². The molecule has 0 amide bonds. The fraction of sp³-hybridized carbons (Fsp3) is 0.462. The molecule has 1 aromatic rings. The summed E-state index contributed by atoms with van der Waals surface area (Å²) in [6.07, 6.45) is 1.95. The molecule has 16 heavy (non-hydrogen) atoms. The lowest BCUT2D eigenvalue weighted by Crippen LogP contribution is -2.19. The van der Waals surface area contributed by atoms with Gasteiger partial charge in [-0.2, -0.15) is 0 Å². The standard InChI is InChI=1S/C13H19N3/c1-9(2)11-5-12-8-16(4)7-10(3)15-13(12)14-6-11/h5-6,9H,3,7-8H2,1-2,4H3,(H,14,15). The molecule has 1 N–H and O–H groups in total. The van der Waals surface area contributed by atoms with Crippen LogP contribution in [-0.2, 0) is 6.54 Å². The van der Waals surface area contributed by atoms with E-state index in [2.05, 4.69) is 48.7 Å². The first-order chi connectivity index (χ1) is 7.56. The van der Waals surface area contributed by atoms with Crippen LogP contribution < -0.4 is 5.32 Å². The number of likely N-dealkylation sites (N-methyl/N-ethyl adjacent to an activating group) is 1. The van der Waals surface area contributed by atoms with Gasteiger partial charge in [-0.3, -0.25) is 4.90 Å². The molecule has 2 rings (SSSR count). The van der Waals surface area contributed by atoms with Crippen molar-refractivity contribution < 1.29 is 0 Å². The van der Waals surface area contributed by atoms with Crippen molar-refractivity contribution in [2.24, 2.45) is 0 Å². The molecule has 1 aliphatic heterocycles. The second-order valence-electron chi connectivity index (χ2n) is 4.83. The number of aromatic nitrogens is 1. The molecule has 1 aromatic heterocycles. The van der Waals surface area contributed by atoms with Crippen molar-refractivity contribution in [3.05, 3.63) is 35.7 Å². The van der Waals surface area contributed by atoms with Crippen LogP contribution in [0.5, 0.6) is 0 Å². The number of pyridine rings is 1. The molecule has 3 nitrogen and oxygen atoms in total. The summed E-state index contributed by atoms with van der Waals surface area (Å²) in [6, 6.07) is 2.25. The molecular weight excluding hydrogens is 198 g/mol. The Kier molecular flexibility index (Phi) is 2.97. The third-order valence-electron chi connectivity index (χ3n) is 2.85. The molecular formula is C13H19N3. The molecule has 0 fully saturated rings. The Balaban J connectivity index is 2.38. The van der Waals surface area contributed by atoms with Gasteiger partial charge >= 0.3 is 0 Å². The SMILES string of the molecule is C=C1CN(C)Cc2cc(C(C)C)cnc2N1. The minimum atomic E-state index is 0.523. The van der Waals surface area contributed by atoms with E-state index in [-0.39, 0.29) is 0 Å². The van der Waals surface area contributed by atoms with Crippen molar-refractivity contribution in [3.63, 3.8) is 0 Å². The predicted octanol–water partition coefficient (Wildman–Crippen LogP) is 2.58. The van der Waals surface area contributed by atoms with E-state index in [0.29, 0.717) is 5.92 Å². The van der Waals surface area contributed by atoms with Crippen LogP contribution in [0.25, 0.3) is 0 Å². The summed E-state index contributed by atoms with van der Waals surface area (Å²) in [4.78, 5) is 6.73. The van der Waals surface area contributed by atoms with E-state index in [9.17, 15) is 0 Å². The first-order valence-electron chi connectivity index (χ1n) is 5.68. The van der Waals surface area contributed by atoms with Gasteiger partial charge in [0.05, 0.1) is 0 Å². The number of anilines is 1. The number of fused-ring (bicyclic) bond motifs is 1. The lowest BCUT2D eigenvalue weighted by Gasteiger charge is -2.13. The number of hydrogen-bond acceptors (Lipinski definition) is 3. The van der Waals surface area contributed by atoms with E-state index < -0.39 is 0 Å². The Hall–Kier alpha value is -1.35. The maximum absolute atomic E-state index is 4.49. The van der Waals surface area contributed by atoms with Gasteiger partial charge in [0, 0.05) is 30.5 Å². The fourth-order valence-electron chi connectivity index (χ4n) is 1.96. The molecule has 0 bridgehead atoms. The van der Waals surface area contributed by atoms with Crippen LogP contribution >= 0.6 is 0 Å². The maximum Gasteiger partial charge on any atom is 0.134 e. The van der Waals surface area contributed by atoms with Crippen LogP contribution in [0.1, 0.15) is 30.9 Å². The highest BCUT2D eigenvalue weighted by atomic mass is 15.2. The van der Waals surface area contributed by atoms with Gasteiger partial charge in [-0.1, -0.05) is 20.4 Å². The largest absolute Gasteiger partial charge is 0.343 e. The van der Waals surface area contributed by atoms with E-state index >= 15 is 0 Å².